The zero-order chi connectivity index (χ0) is 32.0. The van der Waals surface area contributed by atoms with Gasteiger partial charge in [-0.15, -0.1) is 0 Å². The maximum atomic E-state index is 15.9. The van der Waals surface area contributed by atoms with Gasteiger partial charge in [0.2, 0.25) is 0 Å². The Morgan fingerprint density at radius 1 is 1.09 bits per heavy atom. The topological polar surface area (TPSA) is 68.3 Å². The Balaban J connectivity index is 1.29. The second-order valence-electron chi connectivity index (χ2n) is 11.5. The summed E-state index contributed by atoms with van der Waals surface area (Å²) in [6, 6.07) is 3.05. The molecule has 0 radical (unpaired) electrons. The van der Waals surface area contributed by atoms with Gasteiger partial charge in [0.05, 0.1) is 18.8 Å². The Morgan fingerprint density at radius 2 is 1.73 bits per heavy atom. The molecule has 1 aliphatic carbocycles. The van der Waals surface area contributed by atoms with Gasteiger partial charge in [0.15, 0.2) is 6.04 Å². The number of amides is 1. The van der Waals surface area contributed by atoms with Crippen LogP contribution in [0.3, 0.4) is 0 Å². The quantitative estimate of drug-likeness (QED) is 0.227. The SMILES string of the molecule is COC(=O)[C@@H]1[C@@H](C)OCN1C(=O)c1cc(C2CC2)c(OCC2(F)CCN(C(c3cc(Cl)cc(Cl)c3)C(F)(F)F)CC2)cc1F. The van der Waals surface area contributed by atoms with Gasteiger partial charge in [0, 0.05) is 29.2 Å². The van der Waals surface area contributed by atoms with Crippen LogP contribution in [0.2, 0.25) is 10.0 Å². The number of carbonyl (C=O) groups excluding carboxylic acids is 2. The summed E-state index contributed by atoms with van der Waals surface area (Å²) in [5, 5.41) is 0.120. The molecule has 240 valence electrons. The molecule has 7 nitrogen and oxygen atoms in total. The van der Waals surface area contributed by atoms with E-state index in [2.05, 4.69) is 0 Å². The van der Waals surface area contributed by atoms with Crippen molar-refractivity contribution in [3.05, 3.63) is 62.9 Å². The van der Waals surface area contributed by atoms with Gasteiger partial charge in [0.1, 0.15) is 36.6 Å². The zero-order valence-corrected chi connectivity index (χ0v) is 25.4. The van der Waals surface area contributed by atoms with Crippen molar-refractivity contribution in [3.8, 4) is 5.75 Å². The molecular weight excluding hydrogens is 634 g/mol. The molecule has 44 heavy (non-hydrogen) atoms. The van der Waals surface area contributed by atoms with Gasteiger partial charge in [-0.05, 0) is 73.9 Å². The fourth-order valence-corrected chi connectivity index (χ4v) is 6.39. The highest BCUT2D eigenvalue weighted by Gasteiger charge is 2.48. The number of methoxy groups -OCH3 is 1. The molecule has 1 saturated carbocycles. The van der Waals surface area contributed by atoms with E-state index in [1.165, 1.54) is 31.4 Å². The van der Waals surface area contributed by atoms with E-state index in [1.807, 2.05) is 0 Å². The van der Waals surface area contributed by atoms with Crippen LogP contribution in [0.4, 0.5) is 22.0 Å². The number of ether oxygens (including phenoxy) is 3. The van der Waals surface area contributed by atoms with Crippen molar-refractivity contribution < 1.29 is 45.8 Å². The molecule has 1 unspecified atom stereocenters. The number of alkyl halides is 4. The summed E-state index contributed by atoms with van der Waals surface area (Å²) < 4.78 is 89.6. The first-order valence-electron chi connectivity index (χ1n) is 14.1. The summed E-state index contributed by atoms with van der Waals surface area (Å²) in [6.07, 6.45) is -4.31. The Bertz CT molecular complexity index is 1390. The normalized spacial score (nSPS) is 23.0. The number of likely N-dealkylation sites (tertiary alicyclic amines) is 1. The van der Waals surface area contributed by atoms with Gasteiger partial charge in [-0.2, -0.15) is 13.2 Å². The Kier molecular flexibility index (Phi) is 9.38. The molecule has 2 aliphatic heterocycles. The second-order valence-corrected chi connectivity index (χ2v) is 12.4. The van der Waals surface area contributed by atoms with Crippen LogP contribution < -0.4 is 4.74 Å². The number of rotatable bonds is 8. The summed E-state index contributed by atoms with van der Waals surface area (Å²) >= 11 is 11.9. The maximum absolute atomic E-state index is 15.9. The van der Waals surface area contributed by atoms with E-state index in [1.54, 1.807) is 6.92 Å². The molecule has 1 amide bonds. The Morgan fingerprint density at radius 3 is 2.30 bits per heavy atom. The zero-order valence-electron chi connectivity index (χ0n) is 23.9. The third kappa shape index (κ3) is 6.93. The van der Waals surface area contributed by atoms with Crippen molar-refractivity contribution in [1.29, 1.82) is 0 Å². The molecule has 0 aromatic heterocycles. The van der Waals surface area contributed by atoms with Crippen LogP contribution in [0.25, 0.3) is 0 Å². The van der Waals surface area contributed by atoms with Crippen LogP contribution in [0.1, 0.15) is 66.1 Å². The van der Waals surface area contributed by atoms with Crippen LogP contribution in [-0.4, -0.2) is 79.2 Å². The molecule has 0 bridgehead atoms. The lowest BCUT2D eigenvalue weighted by molar-refractivity contribution is -0.193. The summed E-state index contributed by atoms with van der Waals surface area (Å²) in [7, 11) is 1.18. The predicted octanol–water partition coefficient (Wildman–Crippen LogP) is 6.86. The predicted molar refractivity (Wildman–Crippen MR) is 151 cm³/mol. The first-order valence-corrected chi connectivity index (χ1v) is 14.9. The van der Waals surface area contributed by atoms with Crippen molar-refractivity contribution in [2.75, 3.05) is 33.5 Å². The summed E-state index contributed by atoms with van der Waals surface area (Å²) in [5.41, 5.74) is -1.87. The van der Waals surface area contributed by atoms with E-state index < -0.39 is 54.3 Å². The summed E-state index contributed by atoms with van der Waals surface area (Å²) in [4.78, 5) is 27.8. The number of carbonyl (C=O) groups is 2. The highest BCUT2D eigenvalue weighted by atomic mass is 35.5. The van der Waals surface area contributed by atoms with Crippen molar-refractivity contribution in [2.24, 2.45) is 0 Å². The molecule has 3 aliphatic rings. The minimum Gasteiger partial charge on any atom is -0.490 e. The number of hydrogen-bond acceptors (Lipinski definition) is 6. The molecule has 0 N–H and O–H groups in total. The van der Waals surface area contributed by atoms with Crippen LogP contribution in [-0.2, 0) is 14.3 Å². The van der Waals surface area contributed by atoms with Crippen molar-refractivity contribution >= 4 is 35.1 Å². The monoisotopic (exact) mass is 664 g/mol. The van der Waals surface area contributed by atoms with E-state index in [9.17, 15) is 22.8 Å². The number of halogens is 7. The fourth-order valence-electron chi connectivity index (χ4n) is 5.85. The van der Waals surface area contributed by atoms with E-state index in [0.717, 1.165) is 28.7 Å². The molecule has 2 aromatic carbocycles. The van der Waals surface area contributed by atoms with Crippen LogP contribution in [0.5, 0.6) is 5.75 Å². The van der Waals surface area contributed by atoms with Crippen molar-refractivity contribution in [1.82, 2.24) is 9.80 Å². The lowest BCUT2D eigenvalue weighted by Crippen LogP contribution is -2.49. The van der Waals surface area contributed by atoms with E-state index in [0.29, 0.717) is 5.56 Å². The minimum atomic E-state index is -4.66. The molecule has 0 spiro atoms. The van der Waals surface area contributed by atoms with Gasteiger partial charge in [-0.3, -0.25) is 14.6 Å². The third-order valence-electron chi connectivity index (χ3n) is 8.36. The molecule has 2 heterocycles. The molecule has 2 saturated heterocycles. The van der Waals surface area contributed by atoms with Crippen molar-refractivity contribution in [2.45, 2.75) is 68.6 Å². The van der Waals surface area contributed by atoms with Gasteiger partial charge < -0.3 is 14.2 Å². The summed E-state index contributed by atoms with van der Waals surface area (Å²) in [5.74, 6) is -2.34. The number of hydrogen-bond donors (Lipinski definition) is 0. The molecule has 2 aromatic rings. The van der Waals surface area contributed by atoms with E-state index >= 15 is 8.78 Å². The smallest absolute Gasteiger partial charge is 0.408 e. The molecule has 5 rings (SSSR count). The molecule has 3 atom stereocenters. The number of esters is 1. The van der Waals surface area contributed by atoms with Crippen LogP contribution >= 0.6 is 23.2 Å². The molecule has 3 fully saturated rings. The van der Waals surface area contributed by atoms with Crippen molar-refractivity contribution in [3.63, 3.8) is 0 Å². The lowest BCUT2D eigenvalue weighted by atomic mass is 9.91. The second kappa shape index (κ2) is 12.6. The van der Waals surface area contributed by atoms with Gasteiger partial charge >= 0.3 is 12.1 Å². The highest BCUT2D eigenvalue weighted by molar-refractivity contribution is 6.34. The number of piperidine rings is 1. The summed E-state index contributed by atoms with van der Waals surface area (Å²) in [6.45, 7) is 0.434. The standard InChI is InChI=1S/C30H31Cl2F5N2O5/c1-16-25(28(41)42-2)39(15-44-16)27(40)22-12-21(17-3-4-17)24(13-23(22)33)43-14-29(34)5-7-38(8-6-29)26(30(35,36)37)18-9-19(31)11-20(32)10-18/h9-13,16-17,25-26H,3-8,14-15H2,1-2H3/t16-,25+,26?/m1/s1. The fraction of sp³-hybridized carbons (Fsp3) is 0.533. The largest absolute Gasteiger partial charge is 0.490 e. The van der Waals surface area contributed by atoms with Crippen LogP contribution in [0.15, 0.2) is 30.3 Å². The number of benzene rings is 2. The third-order valence-corrected chi connectivity index (χ3v) is 8.80. The minimum absolute atomic E-state index is 0.0308. The average molecular weight is 665 g/mol. The average Bonchev–Trinajstić information content (AvgIpc) is 3.72. The lowest BCUT2D eigenvalue weighted by Gasteiger charge is -2.41. The number of nitrogens with zero attached hydrogens (tertiary/aromatic N) is 2. The molecular formula is C30H31Cl2F5N2O5. The van der Waals surface area contributed by atoms with Crippen LogP contribution in [0, 0.1) is 5.82 Å². The van der Waals surface area contributed by atoms with Gasteiger partial charge in [-0.25, -0.2) is 13.6 Å². The Labute approximate surface area is 261 Å². The van der Waals surface area contributed by atoms with Gasteiger partial charge in [0.25, 0.3) is 5.91 Å². The first kappa shape index (κ1) is 32.7. The van der Waals surface area contributed by atoms with E-state index in [4.69, 9.17) is 37.4 Å². The van der Waals surface area contributed by atoms with E-state index in [-0.39, 0.29) is 65.5 Å². The Hall–Kier alpha value is -2.67. The first-order chi connectivity index (χ1) is 20.7. The highest BCUT2D eigenvalue weighted by Crippen LogP contribution is 2.46. The molecule has 14 heteroatoms. The maximum Gasteiger partial charge on any atom is 0.408 e. The van der Waals surface area contributed by atoms with Gasteiger partial charge in [-0.1, -0.05) is 23.2 Å².